The Hall–Kier alpha value is -2.44. The SMILES string of the molecule is CN(CC(=O)NC(C)(C)C)c1nc(-c2nccn2C)nc2c1CCC2. The number of aryl methyl sites for hydroxylation is 2. The summed E-state index contributed by atoms with van der Waals surface area (Å²) in [5.41, 5.74) is 1.99. The van der Waals surface area contributed by atoms with Crippen molar-refractivity contribution in [1.29, 1.82) is 0 Å². The Kier molecular flexibility index (Phi) is 4.49. The Morgan fingerprint density at radius 3 is 2.72 bits per heavy atom. The second-order valence-corrected chi connectivity index (χ2v) is 7.67. The van der Waals surface area contributed by atoms with Gasteiger partial charge in [-0.2, -0.15) is 0 Å². The molecule has 0 unspecified atom stereocenters. The van der Waals surface area contributed by atoms with E-state index in [4.69, 9.17) is 9.97 Å². The van der Waals surface area contributed by atoms with Crippen molar-refractivity contribution in [2.24, 2.45) is 7.05 Å². The van der Waals surface area contributed by atoms with Gasteiger partial charge in [0.1, 0.15) is 5.82 Å². The highest BCUT2D eigenvalue weighted by atomic mass is 16.2. The van der Waals surface area contributed by atoms with E-state index in [2.05, 4.69) is 10.3 Å². The molecule has 2 heterocycles. The largest absolute Gasteiger partial charge is 0.350 e. The molecule has 0 atom stereocenters. The lowest BCUT2D eigenvalue weighted by atomic mass is 10.1. The van der Waals surface area contributed by atoms with Gasteiger partial charge < -0.3 is 14.8 Å². The summed E-state index contributed by atoms with van der Waals surface area (Å²) in [5, 5.41) is 3.00. The van der Waals surface area contributed by atoms with Crippen molar-refractivity contribution >= 4 is 11.7 Å². The fourth-order valence-electron chi connectivity index (χ4n) is 3.16. The summed E-state index contributed by atoms with van der Waals surface area (Å²) in [6.45, 7) is 6.20. The van der Waals surface area contributed by atoms with E-state index in [1.165, 1.54) is 0 Å². The predicted molar refractivity (Wildman–Crippen MR) is 97.4 cm³/mol. The van der Waals surface area contributed by atoms with Crippen molar-refractivity contribution < 1.29 is 4.79 Å². The summed E-state index contributed by atoms with van der Waals surface area (Å²) in [5.74, 6) is 2.18. The van der Waals surface area contributed by atoms with E-state index >= 15 is 0 Å². The molecule has 7 nitrogen and oxygen atoms in total. The highest BCUT2D eigenvalue weighted by Gasteiger charge is 2.24. The average molecular weight is 342 g/mol. The van der Waals surface area contributed by atoms with Gasteiger partial charge in [-0.15, -0.1) is 0 Å². The Labute approximate surface area is 148 Å². The van der Waals surface area contributed by atoms with Crippen LogP contribution >= 0.6 is 0 Å². The molecule has 0 spiro atoms. The van der Waals surface area contributed by atoms with Crippen molar-refractivity contribution in [3.8, 4) is 11.6 Å². The van der Waals surface area contributed by atoms with E-state index < -0.39 is 0 Å². The van der Waals surface area contributed by atoms with Crippen molar-refractivity contribution in [3.05, 3.63) is 23.7 Å². The lowest BCUT2D eigenvalue weighted by Crippen LogP contribution is -2.45. The van der Waals surface area contributed by atoms with Gasteiger partial charge in [0.25, 0.3) is 0 Å². The molecule has 25 heavy (non-hydrogen) atoms. The van der Waals surface area contributed by atoms with Crippen molar-refractivity contribution in [1.82, 2.24) is 24.8 Å². The molecule has 1 amide bonds. The fourth-order valence-corrected chi connectivity index (χ4v) is 3.16. The highest BCUT2D eigenvalue weighted by molar-refractivity contribution is 5.82. The van der Waals surface area contributed by atoms with Crippen LogP contribution in [0.1, 0.15) is 38.4 Å². The smallest absolute Gasteiger partial charge is 0.239 e. The zero-order valence-corrected chi connectivity index (χ0v) is 15.6. The van der Waals surface area contributed by atoms with Gasteiger partial charge in [0.15, 0.2) is 11.6 Å². The zero-order valence-electron chi connectivity index (χ0n) is 15.6. The Morgan fingerprint density at radius 2 is 2.08 bits per heavy atom. The maximum atomic E-state index is 12.3. The number of amides is 1. The number of anilines is 1. The second kappa shape index (κ2) is 6.46. The first-order valence-corrected chi connectivity index (χ1v) is 8.64. The molecule has 2 aromatic heterocycles. The molecule has 0 radical (unpaired) electrons. The minimum Gasteiger partial charge on any atom is -0.350 e. The molecule has 1 aliphatic carbocycles. The topological polar surface area (TPSA) is 75.9 Å². The van der Waals surface area contributed by atoms with E-state index in [-0.39, 0.29) is 18.0 Å². The third-order valence-corrected chi connectivity index (χ3v) is 4.19. The number of rotatable bonds is 4. The maximum Gasteiger partial charge on any atom is 0.239 e. The van der Waals surface area contributed by atoms with Crippen LogP contribution in [-0.4, -0.2) is 44.6 Å². The molecule has 0 saturated carbocycles. The van der Waals surface area contributed by atoms with Crippen molar-refractivity contribution in [2.45, 2.75) is 45.6 Å². The quantitative estimate of drug-likeness (QED) is 0.915. The number of carbonyl (C=O) groups excluding carboxylic acids is 1. The summed E-state index contributed by atoms with van der Waals surface area (Å²) in [6.07, 6.45) is 6.60. The summed E-state index contributed by atoms with van der Waals surface area (Å²) < 4.78 is 1.91. The van der Waals surface area contributed by atoms with Gasteiger partial charge in [-0.3, -0.25) is 4.79 Å². The molecule has 0 aliphatic heterocycles. The Morgan fingerprint density at radius 1 is 1.32 bits per heavy atom. The standard InChI is InChI=1S/C18H26N6O/c1-18(2,3)22-14(25)11-24(5)16-12-7-6-8-13(12)20-15(21-16)17-19-9-10-23(17)4/h9-10H,6-8,11H2,1-5H3,(H,22,25). The van der Waals surface area contributed by atoms with Crippen LogP contribution in [0.4, 0.5) is 5.82 Å². The minimum absolute atomic E-state index is 0.0149. The Bertz CT molecular complexity index is 789. The second-order valence-electron chi connectivity index (χ2n) is 7.67. The number of carbonyl (C=O) groups is 1. The monoisotopic (exact) mass is 342 g/mol. The summed E-state index contributed by atoms with van der Waals surface area (Å²) in [7, 11) is 3.84. The first-order chi connectivity index (χ1) is 11.7. The molecule has 0 bridgehead atoms. The summed E-state index contributed by atoms with van der Waals surface area (Å²) in [4.78, 5) is 28.0. The third-order valence-electron chi connectivity index (χ3n) is 4.19. The zero-order chi connectivity index (χ0) is 18.2. The van der Waals surface area contributed by atoms with Crippen molar-refractivity contribution in [2.75, 3.05) is 18.5 Å². The average Bonchev–Trinajstić information content (AvgIpc) is 3.12. The van der Waals surface area contributed by atoms with Gasteiger partial charge in [-0.25, -0.2) is 15.0 Å². The summed E-state index contributed by atoms with van der Waals surface area (Å²) >= 11 is 0. The first kappa shape index (κ1) is 17.4. The molecular weight excluding hydrogens is 316 g/mol. The van der Waals surface area contributed by atoms with Crippen molar-refractivity contribution in [3.63, 3.8) is 0 Å². The number of hydrogen-bond donors (Lipinski definition) is 1. The lowest BCUT2D eigenvalue weighted by Gasteiger charge is -2.25. The number of likely N-dealkylation sites (N-methyl/N-ethyl adjacent to an activating group) is 1. The molecule has 3 rings (SSSR count). The van der Waals surface area contributed by atoms with E-state index in [0.717, 1.165) is 42.2 Å². The van der Waals surface area contributed by atoms with Gasteiger partial charge in [0.05, 0.1) is 6.54 Å². The van der Waals surface area contributed by atoms with Crippen LogP contribution in [0.25, 0.3) is 11.6 Å². The van der Waals surface area contributed by atoms with E-state index in [0.29, 0.717) is 5.82 Å². The minimum atomic E-state index is -0.246. The Balaban J connectivity index is 1.91. The van der Waals surface area contributed by atoms with Gasteiger partial charge in [-0.05, 0) is 40.0 Å². The normalized spacial score (nSPS) is 13.6. The van der Waals surface area contributed by atoms with Gasteiger partial charge >= 0.3 is 0 Å². The molecule has 0 aromatic carbocycles. The molecule has 0 saturated heterocycles. The molecular formula is C18H26N6O. The van der Waals surface area contributed by atoms with Crippen LogP contribution in [0.3, 0.4) is 0 Å². The molecule has 1 N–H and O–H groups in total. The van der Waals surface area contributed by atoms with E-state index in [1.807, 2.05) is 50.5 Å². The van der Waals surface area contributed by atoms with Crippen LogP contribution in [0.2, 0.25) is 0 Å². The number of imidazole rings is 1. The number of hydrogen-bond acceptors (Lipinski definition) is 5. The number of fused-ring (bicyclic) bond motifs is 1. The third kappa shape index (κ3) is 3.81. The fraction of sp³-hybridized carbons (Fsp3) is 0.556. The predicted octanol–water partition coefficient (Wildman–Crippen LogP) is 1.72. The van der Waals surface area contributed by atoms with Gasteiger partial charge in [-0.1, -0.05) is 0 Å². The molecule has 0 fully saturated rings. The van der Waals surface area contributed by atoms with Gasteiger partial charge in [0.2, 0.25) is 5.91 Å². The van der Waals surface area contributed by atoms with Crippen LogP contribution < -0.4 is 10.2 Å². The van der Waals surface area contributed by atoms with E-state index in [9.17, 15) is 4.79 Å². The lowest BCUT2D eigenvalue weighted by molar-refractivity contribution is -0.121. The van der Waals surface area contributed by atoms with Crippen LogP contribution in [0.15, 0.2) is 12.4 Å². The maximum absolute atomic E-state index is 12.3. The van der Waals surface area contributed by atoms with Crippen LogP contribution in [0.5, 0.6) is 0 Å². The number of aromatic nitrogens is 4. The summed E-state index contributed by atoms with van der Waals surface area (Å²) in [6, 6.07) is 0. The number of nitrogens with zero attached hydrogens (tertiary/aromatic N) is 5. The van der Waals surface area contributed by atoms with Crippen LogP contribution in [-0.2, 0) is 24.7 Å². The van der Waals surface area contributed by atoms with E-state index in [1.54, 1.807) is 6.20 Å². The molecule has 2 aromatic rings. The van der Waals surface area contributed by atoms with Crippen LogP contribution in [0, 0.1) is 0 Å². The molecule has 1 aliphatic rings. The number of nitrogens with one attached hydrogen (secondary N) is 1. The molecule has 134 valence electrons. The highest BCUT2D eigenvalue weighted by Crippen LogP contribution is 2.30. The van der Waals surface area contributed by atoms with Gasteiger partial charge in [0, 0.05) is 43.3 Å². The molecule has 7 heteroatoms. The first-order valence-electron chi connectivity index (χ1n) is 8.64.